The summed E-state index contributed by atoms with van der Waals surface area (Å²) in [5.41, 5.74) is 0. The molecule has 0 radical (unpaired) electrons. The summed E-state index contributed by atoms with van der Waals surface area (Å²) in [6, 6.07) is -0.113. The van der Waals surface area contributed by atoms with E-state index in [-0.39, 0.29) is 24.4 Å². The zero-order valence-electron chi connectivity index (χ0n) is 9.43. The van der Waals surface area contributed by atoms with E-state index in [1.807, 2.05) is 18.9 Å². The Morgan fingerprint density at radius 2 is 2.00 bits per heavy atom. The highest BCUT2D eigenvalue weighted by atomic mass is 16.4. The lowest BCUT2D eigenvalue weighted by Crippen LogP contribution is -2.58. The molecule has 1 aliphatic heterocycles. The fourth-order valence-corrected chi connectivity index (χ4v) is 2.16. The number of carbonyl (C=O) groups excluding carboxylic acids is 1. The zero-order chi connectivity index (χ0) is 11.6. The monoisotopic (exact) mass is 214 g/mol. The average molecular weight is 214 g/mol. The Bertz CT molecular complexity index is 267. The van der Waals surface area contributed by atoms with E-state index in [1.54, 1.807) is 4.90 Å². The maximum Gasteiger partial charge on any atom is 0.305 e. The third kappa shape index (κ3) is 2.68. The summed E-state index contributed by atoms with van der Waals surface area (Å²) in [7, 11) is 1.90. The number of aliphatic carboxylic acids is 1. The van der Waals surface area contributed by atoms with E-state index in [9.17, 15) is 9.59 Å². The topological polar surface area (TPSA) is 60.9 Å². The highest BCUT2D eigenvalue weighted by molar-refractivity contribution is 5.74. The van der Waals surface area contributed by atoms with Gasteiger partial charge in [0, 0.05) is 32.1 Å². The Kier molecular flexibility index (Phi) is 3.68. The summed E-state index contributed by atoms with van der Waals surface area (Å²) in [4.78, 5) is 25.8. The molecule has 0 saturated carbocycles. The van der Waals surface area contributed by atoms with Gasteiger partial charge in [0.2, 0.25) is 5.91 Å². The summed E-state index contributed by atoms with van der Waals surface area (Å²) in [6.07, 6.45) is 0.0848. The molecule has 5 heteroatoms. The van der Waals surface area contributed by atoms with Gasteiger partial charge < -0.3 is 10.0 Å². The number of amides is 1. The van der Waals surface area contributed by atoms with E-state index >= 15 is 0 Å². The number of carboxylic acid groups (broad SMARTS) is 1. The average Bonchev–Trinajstić information content (AvgIpc) is 2.11. The Morgan fingerprint density at radius 3 is 2.47 bits per heavy atom. The van der Waals surface area contributed by atoms with Crippen LogP contribution in [0.1, 0.15) is 20.3 Å². The highest BCUT2D eigenvalue weighted by Crippen LogP contribution is 2.18. The van der Waals surface area contributed by atoms with Gasteiger partial charge in [0.1, 0.15) is 0 Å². The summed E-state index contributed by atoms with van der Waals surface area (Å²) in [5.74, 6) is -0.796. The van der Waals surface area contributed by atoms with E-state index in [2.05, 4.69) is 0 Å². The van der Waals surface area contributed by atoms with Crippen LogP contribution in [0.4, 0.5) is 0 Å². The molecule has 0 aromatic rings. The van der Waals surface area contributed by atoms with Gasteiger partial charge in [0.15, 0.2) is 0 Å². The van der Waals surface area contributed by atoms with Crippen LogP contribution in [0.5, 0.6) is 0 Å². The van der Waals surface area contributed by atoms with Crippen LogP contribution in [0, 0.1) is 0 Å². The van der Waals surface area contributed by atoms with Crippen molar-refractivity contribution in [3.8, 4) is 0 Å². The number of rotatable bonds is 2. The van der Waals surface area contributed by atoms with Gasteiger partial charge in [-0.15, -0.1) is 0 Å². The second kappa shape index (κ2) is 4.61. The van der Waals surface area contributed by atoms with Crippen LogP contribution in [0.15, 0.2) is 0 Å². The molecular weight excluding hydrogens is 196 g/mol. The molecule has 15 heavy (non-hydrogen) atoms. The molecule has 0 aromatic heterocycles. The van der Waals surface area contributed by atoms with E-state index in [0.717, 1.165) is 6.54 Å². The van der Waals surface area contributed by atoms with Gasteiger partial charge in [-0.2, -0.15) is 0 Å². The van der Waals surface area contributed by atoms with Gasteiger partial charge in [0.25, 0.3) is 0 Å². The Hall–Kier alpha value is -1.10. The SMILES string of the molecule is CC(=O)N1CCN(C)[C@@H](CC(=O)O)[C@@H]1C. The Morgan fingerprint density at radius 1 is 1.40 bits per heavy atom. The number of hydrogen-bond donors (Lipinski definition) is 1. The van der Waals surface area contributed by atoms with E-state index in [1.165, 1.54) is 6.92 Å². The van der Waals surface area contributed by atoms with Crippen LogP contribution in [0.2, 0.25) is 0 Å². The van der Waals surface area contributed by atoms with Crippen molar-refractivity contribution in [3.05, 3.63) is 0 Å². The predicted octanol–water partition coefficient (Wildman–Crippen LogP) is 0.0121. The molecule has 5 nitrogen and oxygen atoms in total. The van der Waals surface area contributed by atoms with Crippen molar-refractivity contribution in [2.24, 2.45) is 0 Å². The van der Waals surface area contributed by atoms with Gasteiger partial charge >= 0.3 is 5.97 Å². The second-order valence-corrected chi connectivity index (χ2v) is 4.10. The number of piperazine rings is 1. The predicted molar refractivity (Wildman–Crippen MR) is 55.5 cm³/mol. The number of nitrogens with zero attached hydrogens (tertiary/aromatic N) is 2. The first-order valence-corrected chi connectivity index (χ1v) is 5.12. The molecule has 1 rings (SSSR count). The number of carbonyl (C=O) groups is 2. The summed E-state index contributed by atoms with van der Waals surface area (Å²) in [5, 5.41) is 8.80. The highest BCUT2D eigenvalue weighted by Gasteiger charge is 2.34. The van der Waals surface area contributed by atoms with Crippen molar-refractivity contribution in [2.75, 3.05) is 20.1 Å². The lowest BCUT2D eigenvalue weighted by molar-refractivity contribution is -0.143. The molecule has 0 bridgehead atoms. The van der Waals surface area contributed by atoms with Crippen LogP contribution >= 0.6 is 0 Å². The summed E-state index contributed by atoms with van der Waals surface area (Å²) >= 11 is 0. The number of likely N-dealkylation sites (N-methyl/N-ethyl adjacent to an activating group) is 1. The lowest BCUT2D eigenvalue weighted by Gasteiger charge is -2.44. The van der Waals surface area contributed by atoms with Crippen LogP contribution in [0.25, 0.3) is 0 Å². The van der Waals surface area contributed by atoms with Crippen molar-refractivity contribution >= 4 is 11.9 Å². The molecule has 0 aromatic carbocycles. The molecular formula is C10H18N2O3. The smallest absolute Gasteiger partial charge is 0.305 e. The fourth-order valence-electron chi connectivity index (χ4n) is 2.16. The largest absolute Gasteiger partial charge is 0.481 e. The minimum Gasteiger partial charge on any atom is -0.481 e. The third-order valence-corrected chi connectivity index (χ3v) is 3.10. The maximum absolute atomic E-state index is 11.3. The first kappa shape index (κ1) is 12.0. The van der Waals surface area contributed by atoms with Crippen molar-refractivity contribution in [3.63, 3.8) is 0 Å². The van der Waals surface area contributed by atoms with Crippen LogP contribution in [-0.2, 0) is 9.59 Å². The molecule has 1 fully saturated rings. The van der Waals surface area contributed by atoms with Crippen LogP contribution in [0.3, 0.4) is 0 Å². The van der Waals surface area contributed by atoms with Crippen molar-refractivity contribution in [2.45, 2.75) is 32.4 Å². The standard InChI is InChI=1S/C10H18N2O3/c1-7-9(6-10(14)15)11(3)4-5-12(7)8(2)13/h7,9H,4-6H2,1-3H3,(H,14,15)/t7-,9-/m0/s1. The number of carboxylic acids is 1. The quantitative estimate of drug-likeness (QED) is 0.703. The Balaban J connectivity index is 2.73. The van der Waals surface area contributed by atoms with Gasteiger partial charge in [-0.25, -0.2) is 0 Å². The molecule has 1 saturated heterocycles. The Labute approximate surface area is 89.7 Å². The second-order valence-electron chi connectivity index (χ2n) is 4.10. The van der Waals surface area contributed by atoms with Gasteiger partial charge in [-0.1, -0.05) is 0 Å². The lowest BCUT2D eigenvalue weighted by atomic mass is 10.0. The van der Waals surface area contributed by atoms with Crippen LogP contribution < -0.4 is 0 Å². The van der Waals surface area contributed by atoms with Gasteiger partial charge in [-0.05, 0) is 14.0 Å². The molecule has 0 aliphatic carbocycles. The molecule has 86 valence electrons. The minimum absolute atomic E-state index is 0.0194. The first-order valence-electron chi connectivity index (χ1n) is 5.12. The first-order chi connectivity index (χ1) is 6.93. The number of hydrogen-bond acceptors (Lipinski definition) is 3. The van der Waals surface area contributed by atoms with Gasteiger partial charge in [0.05, 0.1) is 6.42 Å². The van der Waals surface area contributed by atoms with E-state index in [0.29, 0.717) is 6.54 Å². The molecule has 0 spiro atoms. The van der Waals surface area contributed by atoms with E-state index < -0.39 is 5.97 Å². The molecule has 1 N–H and O–H groups in total. The van der Waals surface area contributed by atoms with Crippen molar-refractivity contribution in [1.29, 1.82) is 0 Å². The van der Waals surface area contributed by atoms with Crippen molar-refractivity contribution < 1.29 is 14.7 Å². The molecule has 2 atom stereocenters. The molecule has 1 heterocycles. The summed E-state index contributed by atoms with van der Waals surface area (Å²) in [6.45, 7) is 4.86. The third-order valence-electron chi connectivity index (χ3n) is 3.10. The van der Waals surface area contributed by atoms with Crippen molar-refractivity contribution in [1.82, 2.24) is 9.80 Å². The maximum atomic E-state index is 11.3. The van der Waals surface area contributed by atoms with E-state index in [4.69, 9.17) is 5.11 Å². The normalized spacial score (nSPS) is 27.8. The zero-order valence-corrected chi connectivity index (χ0v) is 9.43. The summed E-state index contributed by atoms with van der Waals surface area (Å²) < 4.78 is 0. The molecule has 1 aliphatic rings. The molecule has 0 unspecified atom stereocenters. The van der Waals surface area contributed by atoms with Gasteiger partial charge in [-0.3, -0.25) is 14.5 Å². The fraction of sp³-hybridized carbons (Fsp3) is 0.800. The minimum atomic E-state index is -0.816. The van der Waals surface area contributed by atoms with Crippen LogP contribution in [-0.4, -0.2) is 59.0 Å². The molecule has 1 amide bonds.